The van der Waals surface area contributed by atoms with Gasteiger partial charge in [0.15, 0.2) is 0 Å². The summed E-state index contributed by atoms with van der Waals surface area (Å²) in [5.41, 5.74) is 0.894. The lowest BCUT2D eigenvalue weighted by Crippen LogP contribution is -2.50. The molecule has 4 aliphatic carbocycles. The minimum atomic E-state index is -0.726. The smallest absolute Gasteiger partial charge is 0.339 e. The van der Waals surface area contributed by atoms with Crippen LogP contribution in [0.1, 0.15) is 59.0 Å². The molecule has 0 N–H and O–H groups in total. The summed E-state index contributed by atoms with van der Waals surface area (Å²) in [6.07, 6.45) is 4.14. The van der Waals surface area contributed by atoms with Crippen molar-refractivity contribution in [3.05, 3.63) is 79.4 Å². The Morgan fingerprint density at radius 3 is 2.32 bits per heavy atom. The van der Waals surface area contributed by atoms with E-state index >= 15 is 0 Å². The number of hydrogen-bond donors (Lipinski definition) is 0. The van der Waals surface area contributed by atoms with Crippen LogP contribution in [0, 0.1) is 38.0 Å². The Hall–Kier alpha value is -3.29. The lowest BCUT2D eigenvalue weighted by atomic mass is 9.65. The Morgan fingerprint density at radius 2 is 1.65 bits per heavy atom. The van der Waals surface area contributed by atoms with Gasteiger partial charge in [-0.05, 0) is 48.6 Å². The second-order valence-electron chi connectivity index (χ2n) is 9.31. The van der Waals surface area contributed by atoms with Crippen LogP contribution in [-0.2, 0) is 4.74 Å². The van der Waals surface area contributed by atoms with Gasteiger partial charge in [0, 0.05) is 29.9 Å². The number of carbonyl (C=O) groups excluding carboxylic acids is 1. The van der Waals surface area contributed by atoms with Gasteiger partial charge in [-0.1, -0.05) is 24.3 Å². The number of non-ortho nitro benzene ring substituents is 2. The highest BCUT2D eigenvalue weighted by Crippen LogP contribution is 2.74. The highest BCUT2D eigenvalue weighted by molar-refractivity contribution is 5.91. The van der Waals surface area contributed by atoms with Gasteiger partial charge in [-0.3, -0.25) is 20.2 Å². The third kappa shape index (κ3) is 2.33. The van der Waals surface area contributed by atoms with Crippen LogP contribution in [0.4, 0.5) is 11.4 Å². The quantitative estimate of drug-likeness (QED) is 0.306. The number of nitro benzene ring substituents is 2. The summed E-state index contributed by atoms with van der Waals surface area (Å²) >= 11 is 0. The predicted molar refractivity (Wildman–Crippen MR) is 109 cm³/mol. The molecule has 158 valence electrons. The third-order valence-electron chi connectivity index (χ3n) is 8.21. The first-order valence-corrected chi connectivity index (χ1v) is 10.7. The van der Waals surface area contributed by atoms with Crippen LogP contribution in [0.25, 0.3) is 0 Å². The normalized spacial score (nSPS) is 33.7. The number of rotatable bonds is 4. The van der Waals surface area contributed by atoms with E-state index < -0.39 is 32.8 Å². The Labute approximate surface area is 177 Å². The summed E-state index contributed by atoms with van der Waals surface area (Å²) in [7, 11) is 0. The van der Waals surface area contributed by atoms with Crippen molar-refractivity contribution in [3.8, 4) is 0 Å². The number of ether oxygens (including phenoxy) is 1. The van der Waals surface area contributed by atoms with Crippen molar-refractivity contribution >= 4 is 17.3 Å². The lowest BCUT2D eigenvalue weighted by molar-refractivity contribution is -0.394. The van der Waals surface area contributed by atoms with E-state index in [1.807, 2.05) is 6.07 Å². The molecule has 3 fully saturated rings. The predicted octanol–water partition coefficient (Wildman–Crippen LogP) is 4.73. The van der Waals surface area contributed by atoms with E-state index in [4.69, 9.17) is 4.74 Å². The van der Waals surface area contributed by atoms with Crippen molar-refractivity contribution in [1.82, 2.24) is 0 Å². The fourth-order valence-electron chi connectivity index (χ4n) is 7.36. The summed E-state index contributed by atoms with van der Waals surface area (Å²) in [6, 6.07) is 11.4. The van der Waals surface area contributed by atoms with Crippen molar-refractivity contribution in [3.63, 3.8) is 0 Å². The van der Waals surface area contributed by atoms with Gasteiger partial charge in [-0.15, -0.1) is 0 Å². The lowest BCUT2D eigenvalue weighted by Gasteiger charge is -2.46. The molecule has 8 heteroatoms. The van der Waals surface area contributed by atoms with Gasteiger partial charge in [-0.25, -0.2) is 4.79 Å². The maximum absolute atomic E-state index is 13.3. The van der Waals surface area contributed by atoms with Gasteiger partial charge in [0.1, 0.15) is 5.60 Å². The number of esters is 1. The van der Waals surface area contributed by atoms with Crippen molar-refractivity contribution < 1.29 is 19.4 Å². The zero-order chi connectivity index (χ0) is 21.5. The van der Waals surface area contributed by atoms with Crippen molar-refractivity contribution in [2.45, 2.75) is 43.1 Å². The molecule has 2 aromatic rings. The Kier molecular flexibility index (Phi) is 3.65. The van der Waals surface area contributed by atoms with Crippen molar-refractivity contribution in [1.29, 1.82) is 0 Å². The average molecular weight is 420 g/mol. The molecule has 0 aliphatic heterocycles. The first-order chi connectivity index (χ1) is 14.9. The number of nitrogens with zero attached hydrogens (tertiary/aromatic N) is 2. The molecule has 8 nitrogen and oxygen atoms in total. The van der Waals surface area contributed by atoms with Crippen LogP contribution in [0.2, 0.25) is 0 Å². The molecule has 4 aliphatic rings. The fourth-order valence-corrected chi connectivity index (χ4v) is 7.36. The largest absolute Gasteiger partial charge is 0.454 e. The second-order valence-corrected chi connectivity index (χ2v) is 9.31. The van der Waals surface area contributed by atoms with Crippen LogP contribution in [0.15, 0.2) is 42.5 Å². The number of carbonyl (C=O) groups is 1. The molecule has 2 aromatic carbocycles. The Bertz CT molecular complexity index is 1130. The molecular formula is C23H20N2O6. The van der Waals surface area contributed by atoms with E-state index in [2.05, 4.69) is 18.2 Å². The monoisotopic (exact) mass is 420 g/mol. The molecule has 0 aromatic heterocycles. The highest BCUT2D eigenvalue weighted by atomic mass is 16.6. The third-order valence-corrected chi connectivity index (χ3v) is 8.21. The Balaban J connectivity index is 1.42. The molecule has 3 saturated carbocycles. The van der Waals surface area contributed by atoms with E-state index in [-0.39, 0.29) is 23.3 Å². The standard InChI is InChI=1S/C23H20N2O6/c26-22(13-8-15(24(27)28)10-16(9-13)25(29)30)31-23-14-6-5-12(7-14)21(23)19-11-20(23)18-4-2-1-3-17(18)19/h1-4,8-10,12,14,19-21H,5-7,11H2/t12-,14-,19+,20-,21-,23+/m1/s1. The van der Waals surface area contributed by atoms with Crippen LogP contribution < -0.4 is 0 Å². The van der Waals surface area contributed by atoms with Crippen LogP contribution in [0.3, 0.4) is 0 Å². The minimum Gasteiger partial charge on any atom is -0.454 e. The van der Waals surface area contributed by atoms with E-state index in [1.54, 1.807) is 0 Å². The van der Waals surface area contributed by atoms with Crippen LogP contribution >= 0.6 is 0 Å². The van der Waals surface area contributed by atoms with Gasteiger partial charge >= 0.3 is 5.97 Å². The van der Waals surface area contributed by atoms with Gasteiger partial charge in [0.25, 0.3) is 11.4 Å². The summed E-state index contributed by atoms with van der Waals surface area (Å²) in [5.74, 6) is 0.817. The fraction of sp³-hybridized carbons (Fsp3) is 0.435. The number of benzene rings is 2. The molecule has 0 radical (unpaired) electrons. The molecule has 31 heavy (non-hydrogen) atoms. The van der Waals surface area contributed by atoms with Crippen molar-refractivity contribution in [2.75, 3.05) is 0 Å². The number of nitro groups is 2. The topological polar surface area (TPSA) is 113 Å². The summed E-state index contributed by atoms with van der Waals surface area (Å²) in [4.78, 5) is 34.3. The average Bonchev–Trinajstić information content (AvgIpc) is 3.51. The zero-order valence-corrected chi connectivity index (χ0v) is 16.6. The molecule has 6 atom stereocenters. The molecule has 4 bridgehead atoms. The first-order valence-electron chi connectivity index (χ1n) is 10.7. The number of fused-ring (bicyclic) bond motifs is 12. The summed E-state index contributed by atoms with van der Waals surface area (Å²) in [5, 5.41) is 22.5. The van der Waals surface area contributed by atoms with Gasteiger partial charge in [0.05, 0.1) is 21.5 Å². The SMILES string of the molecule is O=C(O[C@]12[C@@H]3CC[C@H](C3)[C@@H]1[C@H]1C[C@@H]2c2ccccc21)c1cc([N+](=O)[O-])cc([N+](=O)[O-])c1. The Morgan fingerprint density at radius 1 is 0.968 bits per heavy atom. The van der Waals surface area contributed by atoms with E-state index in [0.717, 1.165) is 43.9 Å². The maximum atomic E-state index is 13.3. The highest BCUT2D eigenvalue weighted by Gasteiger charge is 2.72. The van der Waals surface area contributed by atoms with Crippen molar-refractivity contribution in [2.24, 2.45) is 17.8 Å². The second kappa shape index (κ2) is 6.12. The van der Waals surface area contributed by atoms with E-state index in [1.165, 1.54) is 11.1 Å². The molecule has 0 saturated heterocycles. The van der Waals surface area contributed by atoms with Gasteiger partial charge < -0.3 is 4.74 Å². The molecule has 0 spiro atoms. The zero-order valence-electron chi connectivity index (χ0n) is 16.6. The first kappa shape index (κ1) is 18.5. The number of hydrogen-bond acceptors (Lipinski definition) is 6. The minimum absolute atomic E-state index is 0.117. The van der Waals surface area contributed by atoms with Gasteiger partial charge in [-0.2, -0.15) is 0 Å². The summed E-state index contributed by atoms with van der Waals surface area (Å²) < 4.78 is 6.32. The molecule has 0 heterocycles. The maximum Gasteiger partial charge on any atom is 0.339 e. The van der Waals surface area contributed by atoms with Gasteiger partial charge in [0.2, 0.25) is 0 Å². The van der Waals surface area contributed by atoms with Crippen LogP contribution in [-0.4, -0.2) is 21.4 Å². The molecule has 6 rings (SSSR count). The summed E-state index contributed by atoms with van der Waals surface area (Å²) in [6.45, 7) is 0. The molecular weight excluding hydrogens is 400 g/mol. The van der Waals surface area contributed by atoms with Crippen LogP contribution in [0.5, 0.6) is 0 Å². The molecule has 0 amide bonds. The van der Waals surface area contributed by atoms with E-state index in [0.29, 0.717) is 11.8 Å². The van der Waals surface area contributed by atoms with E-state index in [9.17, 15) is 25.0 Å². The molecule has 0 unspecified atom stereocenters.